The van der Waals surface area contributed by atoms with E-state index in [1.807, 2.05) is 24.4 Å². The lowest BCUT2D eigenvalue weighted by molar-refractivity contribution is -0.117. The SMILES string of the molecule is Cc1ccsc1/C=C(\C#N)C(=O)NCCN1CCCCC1. The summed E-state index contributed by atoms with van der Waals surface area (Å²) < 4.78 is 0. The van der Waals surface area contributed by atoms with Crippen LogP contribution in [0.1, 0.15) is 29.7 Å². The second-order valence-electron chi connectivity index (χ2n) is 5.30. The number of thiophene rings is 1. The average Bonchev–Trinajstić information content (AvgIpc) is 2.91. The third-order valence-electron chi connectivity index (χ3n) is 3.70. The first kappa shape index (κ1) is 15.7. The highest BCUT2D eigenvalue weighted by molar-refractivity contribution is 7.11. The zero-order valence-corrected chi connectivity index (χ0v) is 13.2. The largest absolute Gasteiger partial charge is 0.350 e. The van der Waals surface area contributed by atoms with Crippen LogP contribution in [-0.2, 0) is 4.79 Å². The van der Waals surface area contributed by atoms with E-state index in [2.05, 4.69) is 10.2 Å². The molecular formula is C16H21N3OS. The van der Waals surface area contributed by atoms with Gasteiger partial charge in [-0.1, -0.05) is 6.42 Å². The Morgan fingerprint density at radius 2 is 2.24 bits per heavy atom. The predicted molar refractivity (Wildman–Crippen MR) is 85.9 cm³/mol. The van der Waals surface area contributed by atoms with Gasteiger partial charge in [0.15, 0.2) is 0 Å². The minimum absolute atomic E-state index is 0.180. The molecule has 0 spiro atoms. The summed E-state index contributed by atoms with van der Waals surface area (Å²) in [5, 5.41) is 14.0. The molecule has 112 valence electrons. The van der Waals surface area contributed by atoms with Crippen molar-refractivity contribution in [1.29, 1.82) is 5.26 Å². The lowest BCUT2D eigenvalue weighted by Gasteiger charge is -2.26. The molecule has 5 heteroatoms. The Hall–Kier alpha value is -1.64. The van der Waals surface area contributed by atoms with Crippen molar-refractivity contribution in [3.8, 4) is 6.07 Å². The van der Waals surface area contributed by atoms with Crippen LogP contribution in [0.5, 0.6) is 0 Å². The number of aryl methyl sites for hydroxylation is 1. The lowest BCUT2D eigenvalue weighted by Crippen LogP contribution is -2.37. The number of piperidine rings is 1. The zero-order valence-electron chi connectivity index (χ0n) is 12.4. The van der Waals surface area contributed by atoms with Gasteiger partial charge in [0, 0.05) is 18.0 Å². The number of nitrogens with one attached hydrogen (secondary N) is 1. The minimum atomic E-state index is -0.276. The third kappa shape index (κ3) is 4.69. The number of hydrogen-bond donors (Lipinski definition) is 1. The van der Waals surface area contributed by atoms with Crippen molar-refractivity contribution in [3.63, 3.8) is 0 Å². The van der Waals surface area contributed by atoms with Gasteiger partial charge in [-0.05, 0) is 55.9 Å². The quantitative estimate of drug-likeness (QED) is 0.672. The molecule has 0 aromatic carbocycles. The van der Waals surface area contributed by atoms with E-state index >= 15 is 0 Å². The average molecular weight is 303 g/mol. The van der Waals surface area contributed by atoms with Crippen LogP contribution in [0.4, 0.5) is 0 Å². The molecule has 4 nitrogen and oxygen atoms in total. The molecule has 1 aliphatic heterocycles. The number of carbonyl (C=O) groups excluding carboxylic acids is 1. The van der Waals surface area contributed by atoms with E-state index < -0.39 is 0 Å². The standard InChI is InChI=1S/C16H21N3OS/c1-13-5-10-21-15(13)11-14(12-17)16(20)18-6-9-19-7-3-2-4-8-19/h5,10-11H,2-4,6-9H2,1H3,(H,18,20)/b14-11+. The van der Waals surface area contributed by atoms with Gasteiger partial charge in [0.2, 0.25) is 0 Å². The van der Waals surface area contributed by atoms with E-state index in [1.54, 1.807) is 17.4 Å². The normalized spacial score (nSPS) is 16.5. The van der Waals surface area contributed by atoms with E-state index in [0.29, 0.717) is 6.54 Å². The molecule has 1 aromatic rings. The summed E-state index contributed by atoms with van der Waals surface area (Å²) >= 11 is 1.54. The van der Waals surface area contributed by atoms with Gasteiger partial charge >= 0.3 is 0 Å². The van der Waals surface area contributed by atoms with Gasteiger partial charge in [-0.2, -0.15) is 5.26 Å². The Morgan fingerprint density at radius 1 is 1.48 bits per heavy atom. The molecule has 1 amide bonds. The van der Waals surface area contributed by atoms with Gasteiger partial charge < -0.3 is 10.2 Å². The van der Waals surface area contributed by atoms with E-state index in [1.165, 1.54) is 19.3 Å². The number of nitrogens with zero attached hydrogens (tertiary/aromatic N) is 2. The summed E-state index contributed by atoms with van der Waals surface area (Å²) in [6.07, 6.45) is 5.48. The second-order valence-corrected chi connectivity index (χ2v) is 6.24. The number of nitriles is 1. The molecule has 1 aromatic heterocycles. The first-order valence-electron chi connectivity index (χ1n) is 7.37. The van der Waals surface area contributed by atoms with Gasteiger partial charge in [-0.25, -0.2) is 0 Å². The van der Waals surface area contributed by atoms with Crippen LogP contribution in [0.15, 0.2) is 17.0 Å². The van der Waals surface area contributed by atoms with E-state index in [4.69, 9.17) is 5.26 Å². The van der Waals surface area contributed by atoms with Gasteiger partial charge in [-0.3, -0.25) is 4.79 Å². The van der Waals surface area contributed by atoms with Crippen molar-refractivity contribution >= 4 is 23.3 Å². The molecule has 1 aliphatic rings. The van der Waals surface area contributed by atoms with Gasteiger partial charge in [-0.15, -0.1) is 11.3 Å². The fourth-order valence-electron chi connectivity index (χ4n) is 2.42. The number of rotatable bonds is 5. The number of hydrogen-bond acceptors (Lipinski definition) is 4. The first-order chi connectivity index (χ1) is 10.2. The Bertz CT molecular complexity index is 550. The van der Waals surface area contributed by atoms with Crippen LogP contribution in [0.2, 0.25) is 0 Å². The van der Waals surface area contributed by atoms with Crippen LogP contribution in [-0.4, -0.2) is 37.0 Å². The van der Waals surface area contributed by atoms with Gasteiger partial charge in [0.05, 0.1) is 0 Å². The molecule has 0 radical (unpaired) electrons. The number of carbonyl (C=O) groups is 1. The number of likely N-dealkylation sites (tertiary alicyclic amines) is 1. The highest BCUT2D eigenvalue weighted by Gasteiger charge is 2.12. The monoisotopic (exact) mass is 303 g/mol. The summed E-state index contributed by atoms with van der Waals surface area (Å²) in [4.78, 5) is 15.4. The van der Waals surface area contributed by atoms with Crippen LogP contribution in [0.3, 0.4) is 0 Å². The maximum absolute atomic E-state index is 12.0. The molecule has 0 unspecified atom stereocenters. The van der Waals surface area contributed by atoms with Crippen LogP contribution < -0.4 is 5.32 Å². The second kappa shape index (κ2) is 7.96. The highest BCUT2D eigenvalue weighted by Crippen LogP contribution is 2.19. The molecular weight excluding hydrogens is 282 g/mol. The van der Waals surface area contributed by atoms with Crippen molar-refractivity contribution in [2.45, 2.75) is 26.2 Å². The third-order valence-corrected chi connectivity index (χ3v) is 4.67. The molecule has 0 saturated carbocycles. The fraction of sp³-hybridized carbons (Fsp3) is 0.500. The molecule has 0 bridgehead atoms. The molecule has 2 heterocycles. The summed E-state index contributed by atoms with van der Waals surface area (Å²) in [7, 11) is 0. The molecule has 1 N–H and O–H groups in total. The fourth-order valence-corrected chi connectivity index (χ4v) is 3.28. The van der Waals surface area contributed by atoms with Crippen molar-refractivity contribution in [2.75, 3.05) is 26.2 Å². The maximum atomic E-state index is 12.0. The topological polar surface area (TPSA) is 56.1 Å². The molecule has 1 fully saturated rings. The first-order valence-corrected chi connectivity index (χ1v) is 8.25. The Balaban J connectivity index is 1.84. The predicted octanol–water partition coefficient (Wildman–Crippen LogP) is 2.57. The Kier molecular flexibility index (Phi) is 5.97. The minimum Gasteiger partial charge on any atom is -0.350 e. The smallest absolute Gasteiger partial charge is 0.262 e. The molecule has 2 rings (SSSR count). The highest BCUT2D eigenvalue weighted by atomic mass is 32.1. The summed E-state index contributed by atoms with van der Waals surface area (Å²) in [5.41, 5.74) is 1.27. The van der Waals surface area contributed by atoms with Crippen molar-refractivity contribution < 1.29 is 4.79 Å². The van der Waals surface area contributed by atoms with Crippen molar-refractivity contribution in [1.82, 2.24) is 10.2 Å². The van der Waals surface area contributed by atoms with Gasteiger partial charge in [0.25, 0.3) is 5.91 Å². The molecule has 1 saturated heterocycles. The van der Waals surface area contributed by atoms with E-state index in [-0.39, 0.29) is 11.5 Å². The van der Waals surface area contributed by atoms with Crippen molar-refractivity contribution in [2.24, 2.45) is 0 Å². The lowest BCUT2D eigenvalue weighted by atomic mass is 10.1. The van der Waals surface area contributed by atoms with Crippen LogP contribution >= 0.6 is 11.3 Å². The molecule has 0 atom stereocenters. The summed E-state index contributed by atoms with van der Waals surface area (Å²) in [6, 6.07) is 3.98. The van der Waals surface area contributed by atoms with E-state index in [0.717, 1.165) is 30.1 Å². The van der Waals surface area contributed by atoms with Crippen LogP contribution in [0.25, 0.3) is 6.08 Å². The van der Waals surface area contributed by atoms with Gasteiger partial charge in [0.1, 0.15) is 11.6 Å². The molecule has 0 aliphatic carbocycles. The van der Waals surface area contributed by atoms with E-state index in [9.17, 15) is 4.79 Å². The Morgan fingerprint density at radius 3 is 2.86 bits per heavy atom. The number of amides is 1. The Labute approximate surface area is 130 Å². The summed E-state index contributed by atoms with van der Waals surface area (Å²) in [6.45, 7) is 5.67. The zero-order chi connectivity index (χ0) is 15.1. The molecule has 21 heavy (non-hydrogen) atoms. The van der Waals surface area contributed by atoms with Crippen molar-refractivity contribution in [3.05, 3.63) is 27.5 Å². The maximum Gasteiger partial charge on any atom is 0.262 e. The summed E-state index contributed by atoms with van der Waals surface area (Å²) in [5.74, 6) is -0.276. The van der Waals surface area contributed by atoms with Crippen LogP contribution in [0, 0.1) is 18.3 Å².